The number of carbonyl (C=O) groups excluding carboxylic acids is 7. The number of rotatable bonds is 13. The average Bonchev–Trinajstić information content (AvgIpc) is 1.83. The minimum absolute atomic E-state index is 0.00350. The lowest BCUT2D eigenvalue weighted by Crippen LogP contribution is -2.63. The molecule has 4 aliphatic heterocycles. The first-order valence-electron chi connectivity index (χ1n) is 29.3. The Morgan fingerprint density at radius 1 is 0.420 bits per heavy atom. The van der Waals surface area contributed by atoms with Gasteiger partial charge in [-0.3, -0.25) is 38.9 Å². The monoisotopic (exact) mass is 1210 g/mol. The van der Waals surface area contributed by atoms with Crippen molar-refractivity contribution in [1.29, 1.82) is 0 Å². The van der Waals surface area contributed by atoms with Crippen molar-refractivity contribution >= 4 is 41.4 Å². The minimum Gasteiger partial charge on any atom is -0.376 e. The van der Waals surface area contributed by atoms with Gasteiger partial charge in [0.1, 0.15) is 42.5 Å². The molecule has 0 saturated carbocycles. The van der Waals surface area contributed by atoms with E-state index in [-0.39, 0.29) is 61.0 Å². The molecule has 10 rings (SSSR count). The number of aliphatic hydroxyl groups excluding tert-OH is 1. The summed E-state index contributed by atoms with van der Waals surface area (Å²) in [5, 5.41) is 28.2. The zero-order valence-electron chi connectivity index (χ0n) is 47.7. The highest BCUT2D eigenvalue weighted by atomic mass is 19.4. The highest BCUT2D eigenvalue weighted by Gasteiger charge is 2.44. The molecule has 0 radical (unpaired) electrons. The molecule has 6 aromatic rings. The van der Waals surface area contributed by atoms with Crippen LogP contribution in [0.3, 0.4) is 0 Å². The van der Waals surface area contributed by atoms with Crippen LogP contribution in [0, 0.1) is 0 Å². The molecule has 0 spiro atoms. The first-order valence-corrected chi connectivity index (χ1v) is 29.3. The van der Waals surface area contributed by atoms with Gasteiger partial charge in [-0.15, -0.1) is 0 Å². The second-order valence-corrected chi connectivity index (χ2v) is 22.8. The first kappa shape index (κ1) is 62.2. The maximum atomic E-state index is 15.7. The van der Waals surface area contributed by atoms with Crippen LogP contribution in [0.4, 0.5) is 26.3 Å². The summed E-state index contributed by atoms with van der Waals surface area (Å²) in [6, 6.07) is 29.4. The SMILES string of the molecule is O=C1N[C@H](Cc2cccc(C(F)(F)F)c2)C(=O)N[C@@H](Cc2ccccc2-c2ccc(C[C@H]3NC(=O)[C@H](Cc4ccccc4)NC(O)[C@H]4CCCN4C(=O)[C@H](Cc4ccccc4)NC3=O)c(C(F)(F)F)c2)C(=O)N2CCC[C@@H]2C(=O)N[C@H]1Cc1ccccc1. The van der Waals surface area contributed by atoms with Gasteiger partial charge in [-0.2, -0.15) is 26.3 Å². The Bertz CT molecular complexity index is 3520. The molecular weight excluding hydrogens is 1150 g/mol. The largest absolute Gasteiger partial charge is 0.416 e. The van der Waals surface area contributed by atoms with E-state index in [1.165, 1.54) is 34.1 Å². The van der Waals surface area contributed by atoms with Gasteiger partial charge in [0.2, 0.25) is 41.4 Å². The third kappa shape index (κ3) is 14.9. The molecule has 7 N–H and O–H groups in total. The fraction of sp³-hybridized carbons (Fsp3) is 0.348. The molecule has 7 amide bonds. The molecule has 460 valence electrons. The van der Waals surface area contributed by atoms with E-state index in [1.54, 1.807) is 103 Å². The van der Waals surface area contributed by atoms with Crippen LogP contribution in [0.2, 0.25) is 0 Å². The molecule has 0 aromatic heterocycles. The lowest BCUT2D eigenvalue weighted by molar-refractivity contribution is -0.143. The van der Waals surface area contributed by atoms with Crippen LogP contribution < -0.4 is 31.9 Å². The summed E-state index contributed by atoms with van der Waals surface area (Å²) in [5.74, 6) is -5.47. The summed E-state index contributed by atoms with van der Waals surface area (Å²) in [6.07, 6.45) is -11.5. The highest BCUT2D eigenvalue weighted by molar-refractivity contribution is 5.98. The number of halogens is 6. The highest BCUT2D eigenvalue weighted by Crippen LogP contribution is 2.38. The molecule has 6 aromatic carbocycles. The topological polar surface area (TPSA) is 218 Å². The molecular formula is C66H66F6N8O8. The van der Waals surface area contributed by atoms with Gasteiger partial charge in [-0.25, -0.2) is 0 Å². The van der Waals surface area contributed by atoms with Crippen molar-refractivity contribution in [3.05, 3.63) is 202 Å². The Morgan fingerprint density at radius 2 is 0.875 bits per heavy atom. The third-order valence-corrected chi connectivity index (χ3v) is 16.7. The van der Waals surface area contributed by atoms with Crippen LogP contribution in [0.25, 0.3) is 11.1 Å². The molecule has 4 aliphatic rings. The Hall–Kier alpha value is -8.89. The number of hydrogen-bond donors (Lipinski definition) is 7. The van der Waals surface area contributed by atoms with Gasteiger partial charge in [0.25, 0.3) is 0 Å². The molecule has 1 unspecified atom stereocenters. The number of nitrogens with zero attached hydrogens (tertiary/aromatic N) is 2. The summed E-state index contributed by atoms with van der Waals surface area (Å²) in [4.78, 5) is 105. The van der Waals surface area contributed by atoms with E-state index < -0.39 is 144 Å². The number of hydrogen-bond acceptors (Lipinski definition) is 9. The fourth-order valence-corrected chi connectivity index (χ4v) is 12.3. The van der Waals surface area contributed by atoms with Crippen molar-refractivity contribution in [2.24, 2.45) is 0 Å². The lowest BCUT2D eigenvalue weighted by atomic mass is 9.90. The predicted octanol–water partition coefficient (Wildman–Crippen LogP) is 6.16. The van der Waals surface area contributed by atoms with Crippen molar-refractivity contribution in [2.45, 2.75) is 131 Å². The van der Waals surface area contributed by atoms with Crippen molar-refractivity contribution in [3.63, 3.8) is 0 Å². The van der Waals surface area contributed by atoms with Gasteiger partial charge in [-0.1, -0.05) is 146 Å². The molecule has 0 aliphatic carbocycles. The summed E-state index contributed by atoms with van der Waals surface area (Å²) >= 11 is 0. The van der Waals surface area contributed by atoms with Crippen LogP contribution in [0.15, 0.2) is 158 Å². The Balaban J connectivity index is 0.981. The maximum absolute atomic E-state index is 15.7. The smallest absolute Gasteiger partial charge is 0.376 e. The number of fused-ring (bicyclic) bond motifs is 2. The van der Waals surface area contributed by atoms with Crippen LogP contribution in [0.5, 0.6) is 0 Å². The van der Waals surface area contributed by atoms with Crippen LogP contribution in [0.1, 0.15) is 70.2 Å². The molecule has 22 heteroatoms. The quantitative estimate of drug-likeness (QED) is 0.0659. The molecule has 0 bridgehead atoms. The molecule has 9 atom stereocenters. The van der Waals surface area contributed by atoms with E-state index in [1.807, 2.05) is 0 Å². The average molecular weight is 1210 g/mol. The summed E-state index contributed by atoms with van der Waals surface area (Å²) in [7, 11) is 0. The zero-order valence-corrected chi connectivity index (χ0v) is 47.7. The number of alkyl halides is 6. The van der Waals surface area contributed by atoms with E-state index in [0.717, 1.165) is 30.3 Å². The van der Waals surface area contributed by atoms with E-state index in [0.29, 0.717) is 36.0 Å². The number of amides is 7. The normalized spacial score (nSPS) is 24.3. The van der Waals surface area contributed by atoms with Gasteiger partial charge in [0, 0.05) is 45.2 Å². The lowest BCUT2D eigenvalue weighted by Gasteiger charge is -2.35. The molecule has 4 heterocycles. The minimum atomic E-state index is -5.09. The Kier molecular flexibility index (Phi) is 19.1. The summed E-state index contributed by atoms with van der Waals surface area (Å²) in [5.41, 5.74) is -0.262. The molecule has 16 nitrogen and oxygen atoms in total. The molecule has 4 fully saturated rings. The zero-order chi connectivity index (χ0) is 62.3. The van der Waals surface area contributed by atoms with E-state index in [2.05, 4.69) is 31.9 Å². The first-order chi connectivity index (χ1) is 42.2. The van der Waals surface area contributed by atoms with Gasteiger partial charge in [-0.05, 0) is 88.7 Å². The van der Waals surface area contributed by atoms with Crippen molar-refractivity contribution in [2.75, 3.05) is 13.1 Å². The summed E-state index contributed by atoms with van der Waals surface area (Å²) in [6.45, 7) is 0.290. The van der Waals surface area contributed by atoms with Crippen LogP contribution >= 0.6 is 0 Å². The van der Waals surface area contributed by atoms with Gasteiger partial charge < -0.3 is 41.5 Å². The van der Waals surface area contributed by atoms with E-state index in [9.17, 15) is 47.0 Å². The van der Waals surface area contributed by atoms with E-state index in [4.69, 9.17) is 0 Å². The van der Waals surface area contributed by atoms with Crippen LogP contribution in [-0.4, -0.2) is 124 Å². The fourth-order valence-electron chi connectivity index (χ4n) is 12.3. The Labute approximate surface area is 503 Å². The van der Waals surface area contributed by atoms with Crippen molar-refractivity contribution in [3.8, 4) is 11.1 Å². The van der Waals surface area contributed by atoms with Gasteiger partial charge >= 0.3 is 12.4 Å². The number of nitrogens with one attached hydrogen (secondary N) is 6. The molecule has 4 saturated heterocycles. The number of carbonyl (C=O) groups is 7. The Morgan fingerprint density at radius 3 is 1.48 bits per heavy atom. The van der Waals surface area contributed by atoms with Gasteiger partial charge in [0.15, 0.2) is 0 Å². The predicted molar refractivity (Wildman–Crippen MR) is 312 cm³/mol. The van der Waals surface area contributed by atoms with Crippen molar-refractivity contribution in [1.82, 2.24) is 41.7 Å². The number of aliphatic hydroxyl groups is 1. The van der Waals surface area contributed by atoms with Crippen LogP contribution in [-0.2, 0) is 84.4 Å². The third-order valence-electron chi connectivity index (χ3n) is 16.7. The molecule has 88 heavy (non-hydrogen) atoms. The maximum Gasteiger partial charge on any atom is 0.416 e. The van der Waals surface area contributed by atoms with Gasteiger partial charge in [0.05, 0.1) is 23.2 Å². The standard InChI is InChI=1S/C66H66F6N8O8/c67-65(68,69)46-23-12-21-42(31-46)35-51-59(83)78-54(64(88)80-30-14-26-56(80)62(86)75-49(57(81)73-51)32-39-15-4-1-5-16-39)37-43-22-10-11-24-47(43)44-27-28-45(48(36-44)66(70,71)72)38-52-60(84)77-53(34-41-19-8-3-9-20-41)63(87)79-29-13-25-55(79)61(85)76-50(58(82)74-52)33-40-17-6-2-7-18-40/h1-12,15-24,27-28,31,36,49-56,61,76,85H,13-14,25-26,29-30,32-35,37-38H2,(H,73,81)(H,74,82)(H,75,86)(H,77,84)(H,78,83)/t49-,50-,51+,52+,53-,54-,55+,56+,61?/m0/s1. The summed E-state index contributed by atoms with van der Waals surface area (Å²) < 4.78 is 89.2. The number of benzene rings is 6. The second-order valence-electron chi connectivity index (χ2n) is 22.8. The van der Waals surface area contributed by atoms with Crippen molar-refractivity contribution < 1.29 is 65.0 Å². The van der Waals surface area contributed by atoms with E-state index >= 15 is 18.0 Å². The second kappa shape index (κ2) is 27.0.